The molecule has 1 unspecified atom stereocenters. The average molecular weight is 560 g/mol. The molecule has 1 saturated heterocycles. The third-order valence-corrected chi connectivity index (χ3v) is 6.14. The molecule has 3 rings (SSSR count). The van der Waals surface area contributed by atoms with Crippen LogP contribution in [-0.2, 0) is 18.3 Å². The highest BCUT2D eigenvalue weighted by molar-refractivity contribution is 14.0. The minimum absolute atomic E-state index is 0. The van der Waals surface area contributed by atoms with E-state index < -0.39 is 0 Å². The third kappa shape index (κ3) is 8.95. The lowest BCUT2D eigenvalue weighted by atomic mass is 10.4. The highest BCUT2D eigenvalue weighted by Gasteiger charge is 2.11. The summed E-state index contributed by atoms with van der Waals surface area (Å²) in [6, 6.07) is 10.5. The number of nitrogens with one attached hydrogen (secondary N) is 2. The summed E-state index contributed by atoms with van der Waals surface area (Å²) in [6.45, 7) is 10.9. The molecule has 1 atom stereocenters. The van der Waals surface area contributed by atoms with E-state index in [0.717, 1.165) is 63.5 Å². The number of ether oxygens (including phenoxy) is 1. The fraction of sp³-hybridized carbons (Fsp3) is 0.571. The van der Waals surface area contributed by atoms with Crippen LogP contribution in [0.2, 0.25) is 0 Å². The van der Waals surface area contributed by atoms with Crippen LogP contribution in [0.15, 0.2) is 40.2 Å². The SMILES string of the molecule is Cc1nnc(CN=C(NCCN2CCOCC2)NCC(C)Sc2ccccc2)n1C.I. The lowest BCUT2D eigenvalue weighted by molar-refractivity contribution is 0.0389. The molecule has 1 fully saturated rings. The summed E-state index contributed by atoms with van der Waals surface area (Å²) in [5.41, 5.74) is 0. The van der Waals surface area contributed by atoms with Crippen molar-refractivity contribution < 1.29 is 4.74 Å². The van der Waals surface area contributed by atoms with E-state index in [1.54, 1.807) is 0 Å². The second-order valence-corrected chi connectivity index (χ2v) is 8.90. The third-order valence-electron chi connectivity index (χ3n) is 5.02. The van der Waals surface area contributed by atoms with Crippen molar-refractivity contribution in [3.63, 3.8) is 0 Å². The fourth-order valence-electron chi connectivity index (χ4n) is 3.08. The van der Waals surface area contributed by atoms with Gasteiger partial charge in [0, 0.05) is 49.9 Å². The maximum absolute atomic E-state index is 5.43. The van der Waals surface area contributed by atoms with E-state index in [4.69, 9.17) is 9.73 Å². The van der Waals surface area contributed by atoms with Gasteiger partial charge in [-0.3, -0.25) is 4.90 Å². The van der Waals surface area contributed by atoms with E-state index in [1.165, 1.54) is 4.90 Å². The minimum Gasteiger partial charge on any atom is -0.379 e. The molecule has 2 heterocycles. The summed E-state index contributed by atoms with van der Waals surface area (Å²) in [7, 11) is 1.97. The van der Waals surface area contributed by atoms with E-state index >= 15 is 0 Å². The number of aryl methyl sites for hydroxylation is 1. The number of aliphatic imine (C=N–C) groups is 1. The molecule has 8 nitrogen and oxygen atoms in total. The molecule has 2 N–H and O–H groups in total. The number of benzene rings is 1. The molecule has 0 aliphatic carbocycles. The molecular weight excluding hydrogens is 525 g/mol. The predicted molar refractivity (Wildman–Crippen MR) is 137 cm³/mol. The van der Waals surface area contributed by atoms with E-state index in [0.29, 0.717) is 11.8 Å². The fourth-order valence-corrected chi connectivity index (χ4v) is 4.03. The first-order valence-corrected chi connectivity index (χ1v) is 11.4. The molecule has 1 aliphatic heterocycles. The molecular formula is C21H34IN7OS. The van der Waals surface area contributed by atoms with Gasteiger partial charge in [-0.15, -0.1) is 45.9 Å². The molecule has 0 radical (unpaired) electrons. The second kappa shape index (κ2) is 13.9. The first-order chi connectivity index (χ1) is 14.6. The van der Waals surface area contributed by atoms with Gasteiger partial charge in [0.15, 0.2) is 11.8 Å². The first kappa shape index (κ1) is 25.9. The van der Waals surface area contributed by atoms with Crippen LogP contribution in [0.25, 0.3) is 0 Å². The topological polar surface area (TPSA) is 79.6 Å². The Kier molecular flexibility index (Phi) is 11.6. The van der Waals surface area contributed by atoms with E-state index in [-0.39, 0.29) is 24.0 Å². The van der Waals surface area contributed by atoms with Crippen LogP contribution in [0.5, 0.6) is 0 Å². The monoisotopic (exact) mass is 559 g/mol. The van der Waals surface area contributed by atoms with Gasteiger partial charge in [0.05, 0.1) is 13.2 Å². The Balaban J connectivity index is 0.00000341. The number of morpholine rings is 1. The minimum atomic E-state index is 0. The lowest BCUT2D eigenvalue weighted by Crippen LogP contribution is -2.45. The maximum atomic E-state index is 5.43. The quantitative estimate of drug-likeness (QED) is 0.211. The zero-order valence-corrected chi connectivity index (χ0v) is 21.7. The molecule has 1 aromatic heterocycles. The average Bonchev–Trinajstić information content (AvgIpc) is 3.09. The summed E-state index contributed by atoms with van der Waals surface area (Å²) in [5.74, 6) is 2.56. The number of aromatic nitrogens is 3. The molecule has 0 amide bonds. The van der Waals surface area contributed by atoms with Gasteiger partial charge < -0.3 is 19.9 Å². The predicted octanol–water partition coefficient (Wildman–Crippen LogP) is 2.29. The smallest absolute Gasteiger partial charge is 0.191 e. The van der Waals surface area contributed by atoms with Crippen LogP contribution >= 0.6 is 35.7 Å². The van der Waals surface area contributed by atoms with Crippen LogP contribution in [0.4, 0.5) is 0 Å². The summed E-state index contributed by atoms with van der Waals surface area (Å²) < 4.78 is 7.40. The van der Waals surface area contributed by atoms with Crippen LogP contribution in [0.1, 0.15) is 18.6 Å². The molecule has 172 valence electrons. The highest BCUT2D eigenvalue weighted by atomic mass is 127. The van der Waals surface area contributed by atoms with Crippen molar-refractivity contribution in [1.29, 1.82) is 0 Å². The number of hydrogen-bond donors (Lipinski definition) is 2. The van der Waals surface area contributed by atoms with Crippen LogP contribution in [0, 0.1) is 6.92 Å². The summed E-state index contributed by atoms with van der Waals surface area (Å²) in [4.78, 5) is 8.44. The Hall–Kier alpha value is -1.37. The first-order valence-electron chi connectivity index (χ1n) is 10.5. The zero-order valence-electron chi connectivity index (χ0n) is 18.6. The molecule has 0 spiro atoms. The number of rotatable bonds is 9. The van der Waals surface area contributed by atoms with Gasteiger partial charge in [-0.05, 0) is 19.1 Å². The Labute approximate surface area is 206 Å². The molecule has 0 saturated carbocycles. The van der Waals surface area contributed by atoms with Crippen molar-refractivity contribution >= 4 is 41.7 Å². The van der Waals surface area contributed by atoms with Crippen molar-refractivity contribution in [2.24, 2.45) is 12.0 Å². The number of hydrogen-bond acceptors (Lipinski definition) is 6. The van der Waals surface area contributed by atoms with Crippen LogP contribution < -0.4 is 10.6 Å². The van der Waals surface area contributed by atoms with Crippen LogP contribution in [-0.4, -0.2) is 76.8 Å². The standard InChI is InChI=1S/C21H33N7OS.HI/c1-17(30-19-7-5-4-6-8-19)15-23-21(22-9-10-28-11-13-29-14-12-28)24-16-20-26-25-18(2)27(20)3;/h4-8,17H,9-16H2,1-3H3,(H2,22,23,24);1H. The van der Waals surface area contributed by atoms with Crippen LogP contribution in [0.3, 0.4) is 0 Å². The van der Waals surface area contributed by atoms with Crippen molar-refractivity contribution in [2.45, 2.75) is 30.5 Å². The maximum Gasteiger partial charge on any atom is 0.191 e. The number of nitrogens with zero attached hydrogens (tertiary/aromatic N) is 5. The van der Waals surface area contributed by atoms with Gasteiger partial charge in [0.1, 0.15) is 12.4 Å². The van der Waals surface area contributed by atoms with Gasteiger partial charge in [-0.25, -0.2) is 4.99 Å². The largest absolute Gasteiger partial charge is 0.379 e. The summed E-state index contributed by atoms with van der Waals surface area (Å²) in [5, 5.41) is 15.7. The number of thioether (sulfide) groups is 1. The van der Waals surface area contributed by atoms with E-state index in [1.807, 2.05) is 36.4 Å². The van der Waals surface area contributed by atoms with E-state index in [2.05, 4.69) is 56.9 Å². The lowest BCUT2D eigenvalue weighted by Gasteiger charge is -2.27. The van der Waals surface area contributed by atoms with Gasteiger partial charge >= 0.3 is 0 Å². The van der Waals surface area contributed by atoms with Gasteiger partial charge in [0.25, 0.3) is 0 Å². The van der Waals surface area contributed by atoms with Crippen molar-refractivity contribution in [1.82, 2.24) is 30.3 Å². The van der Waals surface area contributed by atoms with Crippen molar-refractivity contribution in [3.05, 3.63) is 42.0 Å². The molecule has 0 bridgehead atoms. The molecule has 2 aromatic rings. The molecule has 10 heteroatoms. The van der Waals surface area contributed by atoms with Gasteiger partial charge in [0.2, 0.25) is 0 Å². The molecule has 31 heavy (non-hydrogen) atoms. The highest BCUT2D eigenvalue weighted by Crippen LogP contribution is 2.21. The summed E-state index contributed by atoms with van der Waals surface area (Å²) >= 11 is 1.86. The molecule has 1 aliphatic rings. The second-order valence-electron chi connectivity index (χ2n) is 7.39. The normalized spacial score (nSPS) is 15.9. The Morgan fingerprint density at radius 2 is 1.94 bits per heavy atom. The Bertz CT molecular complexity index is 796. The summed E-state index contributed by atoms with van der Waals surface area (Å²) in [6.07, 6.45) is 0. The van der Waals surface area contributed by atoms with Crippen molar-refractivity contribution in [3.8, 4) is 0 Å². The zero-order chi connectivity index (χ0) is 21.2. The van der Waals surface area contributed by atoms with Gasteiger partial charge in [-0.2, -0.15) is 0 Å². The Morgan fingerprint density at radius 3 is 2.61 bits per heavy atom. The van der Waals surface area contributed by atoms with E-state index in [9.17, 15) is 0 Å². The number of halogens is 1. The Morgan fingerprint density at radius 1 is 1.19 bits per heavy atom. The van der Waals surface area contributed by atoms with Gasteiger partial charge in [-0.1, -0.05) is 25.1 Å². The number of guanidine groups is 1. The molecule has 1 aromatic carbocycles. The van der Waals surface area contributed by atoms with Crippen molar-refractivity contribution in [2.75, 3.05) is 45.9 Å².